The van der Waals surface area contributed by atoms with Gasteiger partial charge in [-0.25, -0.2) is 0 Å². The largest absolute Gasteiger partial charge is 0.356 e. The average molecular weight is 242 g/mol. The smallest absolute Gasteiger partial charge is 0.220 e. The zero-order valence-corrected chi connectivity index (χ0v) is 11.6. The average Bonchev–Trinajstić information content (AvgIpc) is 2.25. The molecule has 0 aromatic carbocycles. The lowest BCUT2D eigenvalue weighted by Gasteiger charge is -2.25. The summed E-state index contributed by atoms with van der Waals surface area (Å²) < 4.78 is 0. The molecule has 0 heterocycles. The fourth-order valence-corrected chi connectivity index (χ4v) is 1.37. The summed E-state index contributed by atoms with van der Waals surface area (Å²) in [5, 5.41) is 5.78. The molecular weight excluding hydrogens is 216 g/mol. The fourth-order valence-electron chi connectivity index (χ4n) is 1.37. The molecule has 0 rings (SSSR count). The quantitative estimate of drug-likeness (QED) is 0.682. The lowest BCUT2D eigenvalue weighted by Crippen LogP contribution is -2.41. The second-order valence-corrected chi connectivity index (χ2v) is 5.22. The van der Waals surface area contributed by atoms with Crippen molar-refractivity contribution in [1.29, 1.82) is 0 Å². The van der Waals surface area contributed by atoms with E-state index in [9.17, 15) is 9.59 Å². The van der Waals surface area contributed by atoms with E-state index in [0.717, 1.165) is 12.8 Å². The van der Waals surface area contributed by atoms with Crippen molar-refractivity contribution >= 4 is 11.8 Å². The Kier molecular flexibility index (Phi) is 7.59. The maximum atomic E-state index is 11.3. The Bertz CT molecular complexity index is 226. The van der Waals surface area contributed by atoms with Gasteiger partial charge in [0.2, 0.25) is 11.8 Å². The minimum absolute atomic E-state index is 0.0838. The van der Waals surface area contributed by atoms with E-state index < -0.39 is 0 Å². The van der Waals surface area contributed by atoms with Crippen LogP contribution in [0.3, 0.4) is 0 Å². The van der Waals surface area contributed by atoms with Crippen molar-refractivity contribution < 1.29 is 9.59 Å². The highest BCUT2D eigenvalue weighted by molar-refractivity contribution is 5.76. The van der Waals surface area contributed by atoms with Crippen LogP contribution in [0.15, 0.2) is 0 Å². The Morgan fingerprint density at radius 1 is 0.882 bits per heavy atom. The van der Waals surface area contributed by atoms with Crippen molar-refractivity contribution in [2.45, 2.75) is 53.4 Å². The van der Waals surface area contributed by atoms with E-state index >= 15 is 0 Å². The minimum atomic E-state index is -0.104. The van der Waals surface area contributed by atoms with Crippen LogP contribution < -0.4 is 10.6 Å². The van der Waals surface area contributed by atoms with Gasteiger partial charge in [-0.15, -0.1) is 0 Å². The van der Waals surface area contributed by atoms with Gasteiger partial charge in [0.05, 0.1) is 0 Å². The first-order valence-corrected chi connectivity index (χ1v) is 6.44. The Hall–Kier alpha value is -1.06. The number of nitrogens with one attached hydrogen (secondary N) is 2. The van der Waals surface area contributed by atoms with Crippen LogP contribution in [0.1, 0.15) is 53.4 Å². The molecule has 0 saturated heterocycles. The normalized spacial score (nSPS) is 11.1. The fraction of sp³-hybridized carbons (Fsp3) is 0.846. The van der Waals surface area contributed by atoms with Gasteiger partial charge in [-0.3, -0.25) is 9.59 Å². The van der Waals surface area contributed by atoms with Crippen LogP contribution in [0.4, 0.5) is 0 Å². The number of rotatable bonds is 8. The van der Waals surface area contributed by atoms with E-state index in [2.05, 4.69) is 10.6 Å². The first-order valence-electron chi connectivity index (χ1n) is 6.44. The van der Waals surface area contributed by atoms with Crippen LogP contribution in [0.25, 0.3) is 0 Å². The summed E-state index contributed by atoms with van der Waals surface area (Å²) in [6, 6.07) is 0. The number of amides is 2. The SMILES string of the molecule is CCCC(=O)NCC(C)(C)CNC(=O)CCC. The molecule has 0 aliphatic heterocycles. The molecule has 17 heavy (non-hydrogen) atoms. The lowest BCUT2D eigenvalue weighted by atomic mass is 9.93. The molecule has 100 valence electrons. The van der Waals surface area contributed by atoms with Gasteiger partial charge in [0.15, 0.2) is 0 Å². The highest BCUT2D eigenvalue weighted by Gasteiger charge is 2.19. The maximum absolute atomic E-state index is 11.3. The van der Waals surface area contributed by atoms with Gasteiger partial charge in [-0.1, -0.05) is 27.7 Å². The molecule has 0 aliphatic carbocycles. The minimum Gasteiger partial charge on any atom is -0.356 e. The van der Waals surface area contributed by atoms with Crippen molar-refractivity contribution in [2.24, 2.45) is 5.41 Å². The van der Waals surface area contributed by atoms with E-state index in [1.165, 1.54) is 0 Å². The summed E-state index contributed by atoms with van der Waals surface area (Å²) in [5.41, 5.74) is -0.104. The molecule has 4 nitrogen and oxygen atoms in total. The monoisotopic (exact) mass is 242 g/mol. The highest BCUT2D eigenvalue weighted by atomic mass is 16.2. The summed E-state index contributed by atoms with van der Waals surface area (Å²) in [7, 11) is 0. The van der Waals surface area contributed by atoms with Crippen LogP contribution in [-0.4, -0.2) is 24.9 Å². The highest BCUT2D eigenvalue weighted by Crippen LogP contribution is 2.11. The predicted molar refractivity (Wildman–Crippen MR) is 69.6 cm³/mol. The second kappa shape index (κ2) is 8.09. The van der Waals surface area contributed by atoms with Crippen molar-refractivity contribution in [1.82, 2.24) is 10.6 Å². The van der Waals surface area contributed by atoms with Gasteiger partial charge < -0.3 is 10.6 Å². The molecule has 0 unspecified atom stereocenters. The molecule has 2 N–H and O–H groups in total. The molecule has 0 atom stereocenters. The van der Waals surface area contributed by atoms with Gasteiger partial charge in [0.25, 0.3) is 0 Å². The lowest BCUT2D eigenvalue weighted by molar-refractivity contribution is -0.121. The molecule has 0 bridgehead atoms. The van der Waals surface area contributed by atoms with Gasteiger partial charge in [-0.05, 0) is 18.3 Å². The third-order valence-corrected chi connectivity index (χ3v) is 2.48. The third kappa shape index (κ3) is 8.72. The predicted octanol–water partition coefficient (Wildman–Crippen LogP) is 1.85. The van der Waals surface area contributed by atoms with Crippen molar-refractivity contribution in [3.05, 3.63) is 0 Å². The standard InChI is InChI=1S/C13H26N2O2/c1-5-7-11(16)14-9-13(3,4)10-15-12(17)8-6-2/h5-10H2,1-4H3,(H,14,16)(H,15,17). The van der Waals surface area contributed by atoms with Gasteiger partial charge in [0, 0.05) is 25.9 Å². The van der Waals surface area contributed by atoms with E-state index in [1.54, 1.807) is 0 Å². The van der Waals surface area contributed by atoms with Crippen molar-refractivity contribution in [2.75, 3.05) is 13.1 Å². The molecule has 4 heteroatoms. The molecule has 0 radical (unpaired) electrons. The summed E-state index contributed by atoms with van der Waals surface area (Å²) >= 11 is 0. The van der Waals surface area contributed by atoms with Crippen LogP contribution in [-0.2, 0) is 9.59 Å². The zero-order chi connectivity index (χ0) is 13.3. The van der Waals surface area contributed by atoms with Crippen LogP contribution in [0, 0.1) is 5.41 Å². The Labute approximate surface area is 105 Å². The number of hydrogen-bond acceptors (Lipinski definition) is 2. The first kappa shape index (κ1) is 15.9. The molecule has 0 spiro atoms. The first-order chi connectivity index (χ1) is 7.91. The van der Waals surface area contributed by atoms with E-state index in [0.29, 0.717) is 25.9 Å². The van der Waals surface area contributed by atoms with E-state index in [4.69, 9.17) is 0 Å². The topological polar surface area (TPSA) is 58.2 Å². The van der Waals surface area contributed by atoms with Gasteiger partial charge >= 0.3 is 0 Å². The summed E-state index contributed by atoms with van der Waals surface area (Å²) in [6.07, 6.45) is 2.86. The number of carbonyl (C=O) groups is 2. The second-order valence-electron chi connectivity index (χ2n) is 5.22. The molecular formula is C13H26N2O2. The van der Waals surface area contributed by atoms with Gasteiger partial charge in [-0.2, -0.15) is 0 Å². The summed E-state index contributed by atoms with van der Waals surface area (Å²) in [4.78, 5) is 22.7. The third-order valence-electron chi connectivity index (χ3n) is 2.48. The Morgan fingerprint density at radius 2 is 1.24 bits per heavy atom. The van der Waals surface area contributed by atoms with Crippen LogP contribution in [0.2, 0.25) is 0 Å². The van der Waals surface area contributed by atoms with Crippen LogP contribution in [0.5, 0.6) is 0 Å². The molecule has 0 aromatic rings. The number of carbonyl (C=O) groups excluding carboxylic acids is 2. The van der Waals surface area contributed by atoms with Crippen molar-refractivity contribution in [3.63, 3.8) is 0 Å². The Balaban J connectivity index is 3.86. The molecule has 0 fully saturated rings. The summed E-state index contributed by atoms with van der Waals surface area (Å²) in [6.45, 7) is 9.22. The zero-order valence-electron chi connectivity index (χ0n) is 11.6. The molecule has 0 saturated carbocycles. The Morgan fingerprint density at radius 3 is 1.53 bits per heavy atom. The number of hydrogen-bond donors (Lipinski definition) is 2. The summed E-state index contributed by atoms with van der Waals surface area (Å²) in [5.74, 6) is 0.168. The molecule has 2 amide bonds. The van der Waals surface area contributed by atoms with Crippen LogP contribution >= 0.6 is 0 Å². The van der Waals surface area contributed by atoms with E-state index in [1.807, 2.05) is 27.7 Å². The van der Waals surface area contributed by atoms with E-state index in [-0.39, 0.29) is 17.2 Å². The van der Waals surface area contributed by atoms with Gasteiger partial charge in [0.1, 0.15) is 0 Å². The maximum Gasteiger partial charge on any atom is 0.220 e. The molecule has 0 aliphatic rings. The van der Waals surface area contributed by atoms with Crippen molar-refractivity contribution in [3.8, 4) is 0 Å². The molecule has 0 aromatic heterocycles.